The van der Waals surface area contributed by atoms with Crippen LogP contribution in [0.2, 0.25) is 0 Å². The van der Waals surface area contributed by atoms with E-state index >= 15 is 0 Å². The lowest BCUT2D eigenvalue weighted by atomic mass is 10.1. The van der Waals surface area contributed by atoms with Crippen molar-refractivity contribution in [2.24, 2.45) is 0 Å². The van der Waals surface area contributed by atoms with Crippen molar-refractivity contribution >= 4 is 22.8 Å². The summed E-state index contributed by atoms with van der Waals surface area (Å²) in [7, 11) is 0. The minimum atomic E-state index is -0.453. The van der Waals surface area contributed by atoms with Crippen LogP contribution in [0.25, 0.3) is 22.4 Å². The number of hydrogen-bond acceptors (Lipinski definition) is 5. The number of para-hydroxylation sites is 2. The van der Waals surface area contributed by atoms with E-state index in [1.165, 1.54) is 22.7 Å². The Morgan fingerprint density at radius 2 is 1.88 bits per heavy atom. The molecule has 2 aromatic carbocycles. The topological polar surface area (TPSA) is 94.9 Å². The summed E-state index contributed by atoms with van der Waals surface area (Å²) in [5.41, 5.74) is 2.33. The molecule has 1 N–H and O–H groups in total. The van der Waals surface area contributed by atoms with Crippen LogP contribution in [-0.2, 0) is 11.3 Å². The van der Waals surface area contributed by atoms with Crippen LogP contribution in [-0.4, -0.2) is 36.3 Å². The second-order valence-corrected chi connectivity index (χ2v) is 7.28. The lowest BCUT2D eigenvalue weighted by Crippen LogP contribution is -2.28. The lowest BCUT2D eigenvalue weighted by molar-refractivity contribution is -0.117. The first-order valence-corrected chi connectivity index (χ1v) is 10.3. The van der Waals surface area contributed by atoms with Crippen LogP contribution in [0.15, 0.2) is 71.8 Å². The van der Waals surface area contributed by atoms with Crippen molar-refractivity contribution in [3.63, 3.8) is 0 Å². The molecule has 5 rings (SSSR count). The van der Waals surface area contributed by atoms with E-state index in [9.17, 15) is 14.0 Å². The molecule has 0 saturated carbocycles. The minimum absolute atomic E-state index is 0.272. The third-order valence-corrected chi connectivity index (χ3v) is 5.09. The van der Waals surface area contributed by atoms with E-state index in [4.69, 9.17) is 4.74 Å². The number of carbonyl (C=O) groups is 1. The Balaban J connectivity index is 1.46. The van der Waals surface area contributed by atoms with E-state index < -0.39 is 11.6 Å². The Labute approximate surface area is 186 Å². The number of halogens is 1. The summed E-state index contributed by atoms with van der Waals surface area (Å²) >= 11 is 0. The molecule has 3 aromatic heterocycles. The van der Waals surface area contributed by atoms with Gasteiger partial charge in [0.2, 0.25) is 5.91 Å². The average molecular weight is 446 g/mol. The fraction of sp³-hybridized carbons (Fsp3) is 0.130. The van der Waals surface area contributed by atoms with Gasteiger partial charge in [0, 0.05) is 18.0 Å². The molecule has 0 atom stereocenters. The molecule has 0 radical (unpaired) electrons. The molecule has 10 heteroatoms. The summed E-state index contributed by atoms with van der Waals surface area (Å²) in [6, 6.07) is 14.8. The van der Waals surface area contributed by atoms with Gasteiger partial charge in [0.25, 0.3) is 0 Å². The lowest BCUT2D eigenvalue weighted by Gasteiger charge is -2.10. The number of ether oxygens (including phenoxy) is 1. The van der Waals surface area contributed by atoms with E-state index in [1.54, 1.807) is 47.1 Å². The van der Waals surface area contributed by atoms with Crippen LogP contribution in [0.5, 0.6) is 5.75 Å². The first-order chi connectivity index (χ1) is 16.0. The number of rotatable bonds is 6. The van der Waals surface area contributed by atoms with Gasteiger partial charge in [-0.2, -0.15) is 5.10 Å². The second kappa shape index (κ2) is 8.23. The van der Waals surface area contributed by atoms with E-state index in [1.807, 2.05) is 13.0 Å². The van der Waals surface area contributed by atoms with Crippen LogP contribution in [0.4, 0.5) is 10.1 Å². The Morgan fingerprint density at radius 3 is 2.67 bits per heavy atom. The van der Waals surface area contributed by atoms with Gasteiger partial charge < -0.3 is 10.1 Å². The van der Waals surface area contributed by atoms with Gasteiger partial charge in [0.15, 0.2) is 5.65 Å². The largest absolute Gasteiger partial charge is 0.492 e. The van der Waals surface area contributed by atoms with Crippen molar-refractivity contribution in [2.45, 2.75) is 13.5 Å². The zero-order valence-electron chi connectivity index (χ0n) is 17.6. The summed E-state index contributed by atoms with van der Waals surface area (Å²) in [5.74, 6) is -0.202. The summed E-state index contributed by atoms with van der Waals surface area (Å²) in [4.78, 5) is 25.5. The summed E-state index contributed by atoms with van der Waals surface area (Å²) in [5, 5.41) is 11.6. The van der Waals surface area contributed by atoms with Gasteiger partial charge in [0.1, 0.15) is 23.6 Å². The maximum Gasteiger partial charge on any atom is 0.350 e. The van der Waals surface area contributed by atoms with E-state index in [0.717, 1.165) is 10.2 Å². The summed E-state index contributed by atoms with van der Waals surface area (Å²) in [6.45, 7) is 2.04. The normalized spacial score (nSPS) is 11.2. The molecule has 166 valence electrons. The zero-order valence-corrected chi connectivity index (χ0v) is 17.6. The molecular formula is C23H19FN6O3. The molecule has 0 spiro atoms. The van der Waals surface area contributed by atoms with Crippen LogP contribution >= 0.6 is 0 Å². The second-order valence-electron chi connectivity index (χ2n) is 7.28. The van der Waals surface area contributed by atoms with Crippen molar-refractivity contribution in [1.29, 1.82) is 0 Å². The number of nitrogens with one attached hydrogen (secondary N) is 1. The third-order valence-electron chi connectivity index (χ3n) is 5.09. The van der Waals surface area contributed by atoms with E-state index in [-0.39, 0.29) is 12.4 Å². The number of amides is 1. The highest BCUT2D eigenvalue weighted by Gasteiger charge is 2.16. The first kappa shape index (κ1) is 20.4. The highest BCUT2D eigenvalue weighted by atomic mass is 19.1. The molecule has 0 aliphatic rings. The highest BCUT2D eigenvalue weighted by molar-refractivity contribution is 5.92. The van der Waals surface area contributed by atoms with Crippen molar-refractivity contribution in [1.82, 2.24) is 23.8 Å². The molecule has 33 heavy (non-hydrogen) atoms. The Bertz CT molecular complexity index is 1530. The fourth-order valence-corrected chi connectivity index (χ4v) is 3.58. The molecule has 0 unspecified atom stereocenters. The summed E-state index contributed by atoms with van der Waals surface area (Å²) < 4.78 is 22.8. The van der Waals surface area contributed by atoms with Crippen LogP contribution < -0.4 is 15.7 Å². The molecule has 0 bridgehead atoms. The number of benzene rings is 2. The standard InChI is InChI=1S/C23H19FN6O3/c1-2-33-20-6-4-3-5-17(20)25-21(31)14-30-23(32)28-11-12-29-19(22(28)27-30)13-18(26-29)15-7-9-16(24)10-8-15/h3-13H,2,14H2,1H3,(H,25,31). The number of hydrogen-bond donors (Lipinski definition) is 1. The predicted octanol–water partition coefficient (Wildman–Crippen LogP) is 2.99. The number of fused-ring (bicyclic) bond motifs is 3. The van der Waals surface area contributed by atoms with Gasteiger partial charge in [-0.1, -0.05) is 12.1 Å². The molecule has 3 heterocycles. The molecular weight excluding hydrogens is 427 g/mol. The molecule has 0 fully saturated rings. The quantitative estimate of drug-likeness (QED) is 0.433. The number of aromatic nitrogens is 5. The van der Waals surface area contributed by atoms with Gasteiger partial charge >= 0.3 is 5.69 Å². The zero-order chi connectivity index (χ0) is 22.9. The van der Waals surface area contributed by atoms with E-state index in [0.29, 0.717) is 34.9 Å². The van der Waals surface area contributed by atoms with Gasteiger partial charge in [0.05, 0.1) is 18.0 Å². The molecule has 5 aromatic rings. The monoisotopic (exact) mass is 446 g/mol. The number of nitrogens with zero attached hydrogens (tertiary/aromatic N) is 5. The molecule has 0 saturated heterocycles. The number of anilines is 1. The van der Waals surface area contributed by atoms with Crippen molar-refractivity contribution in [2.75, 3.05) is 11.9 Å². The Hall–Kier alpha value is -4.47. The fourth-order valence-electron chi connectivity index (χ4n) is 3.58. The van der Waals surface area contributed by atoms with E-state index in [2.05, 4.69) is 15.5 Å². The van der Waals surface area contributed by atoms with Crippen molar-refractivity contribution in [3.8, 4) is 17.0 Å². The SMILES string of the molecule is CCOc1ccccc1NC(=O)Cn1nc2c3cc(-c4ccc(F)cc4)nn3ccn2c1=O. The number of carbonyl (C=O) groups excluding carboxylic acids is 1. The Morgan fingerprint density at radius 1 is 1.09 bits per heavy atom. The maximum absolute atomic E-state index is 13.2. The maximum atomic E-state index is 13.2. The highest BCUT2D eigenvalue weighted by Crippen LogP contribution is 2.24. The first-order valence-electron chi connectivity index (χ1n) is 10.3. The van der Waals surface area contributed by atoms with Gasteiger partial charge in [-0.25, -0.2) is 22.8 Å². The average Bonchev–Trinajstić information content (AvgIpc) is 3.37. The van der Waals surface area contributed by atoms with Crippen molar-refractivity contribution < 1.29 is 13.9 Å². The molecule has 0 aliphatic heterocycles. The molecule has 1 amide bonds. The Kier molecular flexibility index (Phi) is 5.09. The van der Waals surface area contributed by atoms with Crippen LogP contribution in [0, 0.1) is 5.82 Å². The van der Waals surface area contributed by atoms with Gasteiger partial charge in [-0.15, -0.1) is 5.10 Å². The van der Waals surface area contributed by atoms with Gasteiger partial charge in [-0.3, -0.25) is 4.79 Å². The van der Waals surface area contributed by atoms with Gasteiger partial charge in [-0.05, 0) is 49.4 Å². The molecule has 0 aliphatic carbocycles. The summed E-state index contributed by atoms with van der Waals surface area (Å²) in [6.07, 6.45) is 3.17. The minimum Gasteiger partial charge on any atom is -0.492 e. The molecule has 9 nitrogen and oxygen atoms in total. The smallest absolute Gasteiger partial charge is 0.350 e. The third kappa shape index (κ3) is 3.82. The van der Waals surface area contributed by atoms with Crippen LogP contribution in [0.3, 0.4) is 0 Å². The predicted molar refractivity (Wildman–Crippen MR) is 120 cm³/mol. The van der Waals surface area contributed by atoms with Crippen LogP contribution in [0.1, 0.15) is 6.92 Å². The van der Waals surface area contributed by atoms with Crippen molar-refractivity contribution in [3.05, 3.63) is 83.3 Å².